The minimum atomic E-state index is -0.543. The summed E-state index contributed by atoms with van der Waals surface area (Å²) in [5.74, 6) is 1.98. The van der Waals surface area contributed by atoms with E-state index in [1.54, 1.807) is 38.0 Å². The molecule has 0 saturated heterocycles. The monoisotopic (exact) mass is 656 g/mol. The zero-order valence-electron chi connectivity index (χ0n) is 30.8. The van der Waals surface area contributed by atoms with Crippen molar-refractivity contribution in [3.8, 4) is 11.5 Å². The Kier molecular flexibility index (Phi) is 21.4. The molecule has 266 valence electrons. The minimum absolute atomic E-state index is 0.0488. The lowest BCUT2D eigenvalue weighted by Gasteiger charge is -2.28. The summed E-state index contributed by atoms with van der Waals surface area (Å²) < 4.78 is 17.0. The quantitative estimate of drug-likeness (QED) is 0.156. The molecule has 0 spiro atoms. The summed E-state index contributed by atoms with van der Waals surface area (Å²) in [5, 5.41) is 6.65. The van der Waals surface area contributed by atoms with Gasteiger partial charge in [-0.3, -0.25) is 9.59 Å². The van der Waals surface area contributed by atoms with Gasteiger partial charge in [-0.1, -0.05) is 57.9 Å². The van der Waals surface area contributed by atoms with Gasteiger partial charge < -0.3 is 34.6 Å². The Hall–Kier alpha value is -3.14. The van der Waals surface area contributed by atoms with Gasteiger partial charge in [-0.25, -0.2) is 0 Å². The summed E-state index contributed by atoms with van der Waals surface area (Å²) in [6.45, 7) is 14.3. The molecule has 2 rings (SSSR count). The minimum Gasteiger partial charge on any atom is -0.494 e. The van der Waals surface area contributed by atoms with Crippen molar-refractivity contribution >= 4 is 11.8 Å². The fourth-order valence-electron chi connectivity index (χ4n) is 4.67. The molecule has 0 heterocycles. The van der Waals surface area contributed by atoms with Crippen LogP contribution in [0.15, 0.2) is 48.5 Å². The molecule has 2 N–H and O–H groups in total. The van der Waals surface area contributed by atoms with E-state index in [4.69, 9.17) is 14.2 Å². The van der Waals surface area contributed by atoms with Crippen LogP contribution in [0.3, 0.4) is 0 Å². The molecule has 47 heavy (non-hydrogen) atoms. The first-order valence-corrected chi connectivity index (χ1v) is 17.4. The number of unbranched alkanes of at least 4 members (excludes halogenated alkanes) is 2. The van der Waals surface area contributed by atoms with Crippen molar-refractivity contribution in [3.63, 3.8) is 0 Å². The van der Waals surface area contributed by atoms with Crippen LogP contribution in [0, 0.1) is 0 Å². The molecule has 0 aliphatic rings. The van der Waals surface area contributed by atoms with Crippen LogP contribution >= 0.6 is 0 Å². The van der Waals surface area contributed by atoms with Gasteiger partial charge in [0.2, 0.25) is 11.8 Å². The van der Waals surface area contributed by atoms with Gasteiger partial charge in [0.1, 0.15) is 17.5 Å². The van der Waals surface area contributed by atoms with Crippen molar-refractivity contribution in [3.05, 3.63) is 59.7 Å². The predicted octanol–water partition coefficient (Wildman–Crippen LogP) is 5.75. The molecular formula is C38H64N4O5. The largest absolute Gasteiger partial charge is 0.494 e. The average molecular weight is 657 g/mol. The summed E-state index contributed by atoms with van der Waals surface area (Å²) in [5.41, 5.74) is 1.88. The maximum Gasteiger partial charge on any atom is 0.241 e. The van der Waals surface area contributed by atoms with E-state index in [2.05, 4.69) is 55.7 Å². The van der Waals surface area contributed by atoms with Crippen LogP contribution in [0.5, 0.6) is 11.5 Å². The lowest BCUT2D eigenvalue weighted by atomic mass is 10.0. The van der Waals surface area contributed by atoms with Crippen molar-refractivity contribution in [2.45, 2.75) is 91.1 Å². The van der Waals surface area contributed by atoms with Crippen LogP contribution < -0.4 is 20.1 Å². The molecule has 2 aromatic rings. The van der Waals surface area contributed by atoms with Crippen LogP contribution in [0.25, 0.3) is 0 Å². The van der Waals surface area contributed by atoms with Crippen LogP contribution in [-0.4, -0.2) is 101 Å². The Morgan fingerprint density at radius 3 is 1.74 bits per heavy atom. The summed E-state index contributed by atoms with van der Waals surface area (Å²) in [6.07, 6.45) is 7.08. The molecular weight excluding hydrogens is 592 g/mol. The van der Waals surface area contributed by atoms with Gasteiger partial charge in [0, 0.05) is 41.3 Å². The average Bonchev–Trinajstić information content (AvgIpc) is 3.04. The Morgan fingerprint density at radius 1 is 0.745 bits per heavy atom. The topological polar surface area (TPSA) is 92.4 Å². The highest BCUT2D eigenvalue weighted by atomic mass is 16.5. The normalized spacial score (nSPS) is 11.7. The van der Waals surface area contributed by atoms with Crippen molar-refractivity contribution in [2.24, 2.45) is 0 Å². The van der Waals surface area contributed by atoms with Gasteiger partial charge in [0.15, 0.2) is 0 Å². The van der Waals surface area contributed by atoms with E-state index in [0.717, 1.165) is 82.7 Å². The van der Waals surface area contributed by atoms with E-state index >= 15 is 0 Å². The number of rotatable bonds is 22. The van der Waals surface area contributed by atoms with Gasteiger partial charge >= 0.3 is 0 Å². The van der Waals surface area contributed by atoms with Gasteiger partial charge in [-0.2, -0.15) is 0 Å². The summed E-state index contributed by atoms with van der Waals surface area (Å²) >= 11 is 0. The highest BCUT2D eigenvalue weighted by Crippen LogP contribution is 2.16. The second-order valence-corrected chi connectivity index (χ2v) is 12.8. The van der Waals surface area contributed by atoms with E-state index in [0.29, 0.717) is 13.2 Å². The third-order valence-corrected chi connectivity index (χ3v) is 7.43. The molecule has 9 nitrogen and oxygen atoms in total. The second kappa shape index (κ2) is 24.1. The number of ether oxygens (including phenoxy) is 3. The highest BCUT2D eigenvalue weighted by Gasteiger charge is 2.28. The molecule has 0 aromatic heterocycles. The molecule has 0 aliphatic carbocycles. The number of carbonyl (C=O) groups excluding carboxylic acids is 2. The summed E-state index contributed by atoms with van der Waals surface area (Å²) in [6, 6.07) is 16.1. The Balaban J connectivity index is 0.000000474. The Morgan fingerprint density at radius 2 is 1.28 bits per heavy atom. The van der Waals surface area contributed by atoms with Crippen molar-refractivity contribution < 1.29 is 23.8 Å². The first kappa shape index (κ1) is 41.9. The van der Waals surface area contributed by atoms with Crippen molar-refractivity contribution in [1.29, 1.82) is 0 Å². The van der Waals surface area contributed by atoms with Gasteiger partial charge in [0.25, 0.3) is 0 Å². The number of benzene rings is 2. The second-order valence-electron chi connectivity index (χ2n) is 12.8. The molecule has 1 atom stereocenters. The lowest BCUT2D eigenvalue weighted by molar-refractivity contribution is -0.134. The lowest BCUT2D eigenvalue weighted by Crippen LogP contribution is -2.52. The molecule has 2 aromatic carbocycles. The van der Waals surface area contributed by atoms with E-state index in [9.17, 15) is 9.59 Å². The standard InChI is InChI=1S/C20H34N2O3.C18H30N2O2/c1-5-7-14-25-18-10-8-9-17(15-18)11-12-21-19(16-24-13-6-2)20(23)22(3)4;1-6-7-13-22-16-10-8-9-15(14-16)11-12-19-18(2,3)17(21)20(4)5/h8-10,15,19,21H,5-7,11-14,16H2,1-4H3;8-10,14,19H,6-7,11-13H2,1-5H3. The fourth-order valence-corrected chi connectivity index (χ4v) is 4.67. The van der Waals surface area contributed by atoms with Crippen molar-refractivity contribution in [1.82, 2.24) is 20.4 Å². The predicted molar refractivity (Wildman–Crippen MR) is 193 cm³/mol. The SMILES string of the molecule is CCCCOc1cccc(CCNC(C)(C)C(=O)N(C)C)c1.CCCCOc1cccc(CCNC(COCCC)C(=O)N(C)C)c1. The fraction of sp³-hybridized carbons (Fsp3) is 0.632. The third kappa shape index (κ3) is 18.1. The first-order chi connectivity index (χ1) is 22.4. The smallest absolute Gasteiger partial charge is 0.241 e. The zero-order valence-corrected chi connectivity index (χ0v) is 30.8. The molecule has 0 bridgehead atoms. The number of nitrogens with one attached hydrogen (secondary N) is 2. The zero-order chi connectivity index (χ0) is 35.1. The summed E-state index contributed by atoms with van der Waals surface area (Å²) in [7, 11) is 7.10. The number of hydrogen-bond donors (Lipinski definition) is 2. The van der Waals surface area contributed by atoms with E-state index in [1.165, 1.54) is 11.1 Å². The molecule has 0 saturated carbocycles. The van der Waals surface area contributed by atoms with Gasteiger partial charge in [-0.05, 0) is 87.9 Å². The maximum absolute atomic E-state index is 12.2. The van der Waals surface area contributed by atoms with Crippen LogP contribution in [-0.2, 0) is 27.2 Å². The highest BCUT2D eigenvalue weighted by molar-refractivity contribution is 5.85. The molecule has 0 aliphatic heterocycles. The van der Waals surface area contributed by atoms with Crippen LogP contribution in [0.4, 0.5) is 0 Å². The summed E-state index contributed by atoms with van der Waals surface area (Å²) in [4.78, 5) is 27.5. The molecule has 1 unspecified atom stereocenters. The Labute approximate surface area is 285 Å². The number of amides is 2. The maximum atomic E-state index is 12.2. The molecule has 0 fully saturated rings. The van der Waals surface area contributed by atoms with Crippen molar-refractivity contribution in [2.75, 3.05) is 67.7 Å². The third-order valence-electron chi connectivity index (χ3n) is 7.43. The van der Waals surface area contributed by atoms with E-state index in [1.807, 2.05) is 38.1 Å². The van der Waals surface area contributed by atoms with E-state index < -0.39 is 5.54 Å². The number of nitrogens with zero attached hydrogens (tertiary/aromatic N) is 2. The van der Waals surface area contributed by atoms with Gasteiger partial charge in [0.05, 0.1) is 25.4 Å². The van der Waals surface area contributed by atoms with Crippen LogP contribution in [0.2, 0.25) is 0 Å². The first-order valence-electron chi connectivity index (χ1n) is 17.4. The Bertz CT molecular complexity index is 1140. The number of likely N-dealkylation sites (N-methyl/N-ethyl adjacent to an activating group) is 2. The van der Waals surface area contributed by atoms with E-state index in [-0.39, 0.29) is 17.9 Å². The van der Waals surface area contributed by atoms with Gasteiger partial charge in [-0.15, -0.1) is 0 Å². The number of carbonyl (C=O) groups is 2. The molecule has 2 amide bonds. The molecule has 0 radical (unpaired) electrons. The number of hydrogen-bond acceptors (Lipinski definition) is 7. The van der Waals surface area contributed by atoms with Crippen LogP contribution in [0.1, 0.15) is 77.8 Å². The molecule has 9 heteroatoms.